The average Bonchev–Trinajstić information content (AvgIpc) is 3.35. The number of nitrogens with zero attached hydrogens (tertiary/aromatic N) is 2. The van der Waals surface area contributed by atoms with Gasteiger partial charge in [0.05, 0.1) is 40.7 Å². The molecule has 0 bridgehead atoms. The van der Waals surface area contributed by atoms with Crippen LogP contribution in [0.2, 0.25) is 0 Å². The third-order valence-corrected chi connectivity index (χ3v) is 6.45. The van der Waals surface area contributed by atoms with Crippen molar-refractivity contribution in [3.63, 3.8) is 0 Å². The highest BCUT2D eigenvalue weighted by Gasteiger charge is 2.39. The van der Waals surface area contributed by atoms with Gasteiger partial charge >= 0.3 is 0 Å². The quantitative estimate of drug-likeness (QED) is 0.302. The molecule has 4 aromatic carbocycles. The summed E-state index contributed by atoms with van der Waals surface area (Å²) in [4.78, 5) is 54.8. The highest BCUT2D eigenvalue weighted by Crippen LogP contribution is 2.35. The van der Waals surface area contributed by atoms with E-state index in [4.69, 9.17) is 4.74 Å². The molecule has 6 rings (SSSR count). The van der Waals surface area contributed by atoms with E-state index in [1.165, 1.54) is 19.2 Å². The van der Waals surface area contributed by atoms with Gasteiger partial charge in [0, 0.05) is 11.1 Å². The Labute approximate surface area is 217 Å². The van der Waals surface area contributed by atoms with E-state index < -0.39 is 23.6 Å². The zero-order valence-corrected chi connectivity index (χ0v) is 20.1. The maximum atomic E-state index is 13.3. The molecular formula is C31H18N2O5. The normalized spacial score (nSPS) is 13.8. The molecule has 0 unspecified atom stereocenters. The molecule has 0 fully saturated rings. The minimum absolute atomic E-state index is 0.227. The molecule has 0 saturated carbocycles. The molecule has 38 heavy (non-hydrogen) atoms. The Balaban J connectivity index is 1.31. The summed E-state index contributed by atoms with van der Waals surface area (Å²) in [6.45, 7) is 0. The van der Waals surface area contributed by atoms with Gasteiger partial charge in [-0.25, -0.2) is 9.80 Å². The SMILES string of the molecule is COc1ccc2c(c1)C(=O)N(c1cccc(N3C(=O)c4ccc(C#Cc5ccccc5)cc4C3=O)c1)C2=O. The number of benzene rings is 4. The molecule has 0 aliphatic carbocycles. The Kier molecular flexibility index (Phi) is 5.36. The highest BCUT2D eigenvalue weighted by atomic mass is 16.5. The lowest BCUT2D eigenvalue weighted by atomic mass is 10.1. The predicted molar refractivity (Wildman–Crippen MR) is 141 cm³/mol. The largest absolute Gasteiger partial charge is 0.497 e. The summed E-state index contributed by atoms with van der Waals surface area (Å²) >= 11 is 0. The van der Waals surface area contributed by atoms with Crippen LogP contribution in [0.15, 0.2) is 91.0 Å². The van der Waals surface area contributed by atoms with Gasteiger partial charge < -0.3 is 4.74 Å². The molecule has 0 saturated heterocycles. The fourth-order valence-corrected chi connectivity index (χ4v) is 4.57. The molecule has 0 atom stereocenters. The van der Waals surface area contributed by atoms with Gasteiger partial charge in [0.1, 0.15) is 5.75 Å². The van der Waals surface area contributed by atoms with E-state index in [0.29, 0.717) is 11.3 Å². The van der Waals surface area contributed by atoms with Crippen LogP contribution < -0.4 is 14.5 Å². The lowest BCUT2D eigenvalue weighted by Crippen LogP contribution is -2.31. The topological polar surface area (TPSA) is 84.0 Å². The lowest BCUT2D eigenvalue weighted by molar-refractivity contribution is 0.0912. The summed E-state index contributed by atoms with van der Waals surface area (Å²) in [6, 6.07) is 25.3. The van der Waals surface area contributed by atoms with E-state index in [1.54, 1.807) is 48.5 Å². The van der Waals surface area contributed by atoms with Crippen LogP contribution in [0.25, 0.3) is 0 Å². The van der Waals surface area contributed by atoms with E-state index in [2.05, 4.69) is 11.8 Å². The average molecular weight is 498 g/mol. The molecular weight excluding hydrogens is 480 g/mol. The Hall–Kier alpha value is -5.48. The van der Waals surface area contributed by atoms with Crippen LogP contribution in [0.3, 0.4) is 0 Å². The Morgan fingerprint density at radius 2 is 1.08 bits per heavy atom. The van der Waals surface area contributed by atoms with Crippen molar-refractivity contribution in [2.75, 3.05) is 16.9 Å². The lowest BCUT2D eigenvalue weighted by Gasteiger charge is -2.18. The fraction of sp³-hybridized carbons (Fsp3) is 0.0323. The van der Waals surface area contributed by atoms with Crippen molar-refractivity contribution in [3.8, 4) is 17.6 Å². The van der Waals surface area contributed by atoms with Crippen molar-refractivity contribution in [2.45, 2.75) is 0 Å². The second-order valence-electron chi connectivity index (χ2n) is 8.70. The van der Waals surface area contributed by atoms with Gasteiger partial charge in [0.2, 0.25) is 0 Å². The number of amides is 4. The van der Waals surface area contributed by atoms with E-state index >= 15 is 0 Å². The molecule has 7 heteroatoms. The third-order valence-electron chi connectivity index (χ3n) is 6.45. The molecule has 0 aromatic heterocycles. The van der Waals surface area contributed by atoms with Crippen molar-refractivity contribution >= 4 is 35.0 Å². The first-order chi connectivity index (χ1) is 18.5. The van der Waals surface area contributed by atoms with E-state index in [9.17, 15) is 19.2 Å². The standard InChI is InChI=1S/C31H18N2O5/c1-38-23-13-15-25-27(18-23)31(37)33(29(25)35)22-9-5-8-21(17-22)32-28(34)24-14-12-20(16-26(24)30(32)36)11-10-19-6-3-2-4-7-19/h2-9,12-18H,1H3. The van der Waals surface area contributed by atoms with Crippen molar-refractivity contribution in [1.82, 2.24) is 0 Å². The van der Waals surface area contributed by atoms with Crippen molar-refractivity contribution < 1.29 is 23.9 Å². The molecule has 2 aliphatic rings. The van der Waals surface area contributed by atoms with Gasteiger partial charge in [0.25, 0.3) is 23.6 Å². The number of hydrogen-bond donors (Lipinski definition) is 0. The van der Waals surface area contributed by atoms with Crippen molar-refractivity contribution in [3.05, 3.63) is 124 Å². The smallest absolute Gasteiger partial charge is 0.266 e. The number of hydrogen-bond acceptors (Lipinski definition) is 5. The van der Waals surface area contributed by atoms with Crippen LogP contribution in [0, 0.1) is 11.8 Å². The van der Waals surface area contributed by atoms with Crippen LogP contribution in [0.4, 0.5) is 11.4 Å². The number of fused-ring (bicyclic) bond motifs is 2. The Bertz CT molecular complexity index is 1750. The van der Waals surface area contributed by atoms with E-state index in [1.807, 2.05) is 30.3 Å². The molecule has 2 aliphatic heterocycles. The summed E-state index contributed by atoms with van der Waals surface area (Å²) in [5.74, 6) is 4.54. The molecule has 4 aromatic rings. The molecule has 182 valence electrons. The molecule has 0 spiro atoms. The first-order valence-electron chi connectivity index (χ1n) is 11.7. The van der Waals surface area contributed by atoms with Gasteiger partial charge in [-0.05, 0) is 66.7 Å². The van der Waals surface area contributed by atoms with Gasteiger partial charge in [-0.2, -0.15) is 0 Å². The molecule has 0 N–H and O–H groups in total. The fourth-order valence-electron chi connectivity index (χ4n) is 4.57. The summed E-state index contributed by atoms with van der Waals surface area (Å²) in [5.41, 5.74) is 2.92. The van der Waals surface area contributed by atoms with Crippen LogP contribution in [-0.4, -0.2) is 30.7 Å². The summed E-state index contributed by atoms with van der Waals surface area (Å²) in [6.07, 6.45) is 0. The van der Waals surface area contributed by atoms with Gasteiger partial charge in [-0.1, -0.05) is 36.1 Å². The van der Waals surface area contributed by atoms with Crippen molar-refractivity contribution in [2.24, 2.45) is 0 Å². The first kappa shape index (κ1) is 23.0. The number of ether oxygens (including phenoxy) is 1. The Morgan fingerprint density at radius 3 is 1.71 bits per heavy atom. The number of carbonyl (C=O) groups is 4. The highest BCUT2D eigenvalue weighted by molar-refractivity contribution is 6.36. The second kappa shape index (κ2) is 8.87. The summed E-state index contributed by atoms with van der Waals surface area (Å²) < 4.78 is 5.18. The first-order valence-corrected chi connectivity index (χ1v) is 11.7. The zero-order valence-electron chi connectivity index (χ0n) is 20.1. The van der Waals surface area contributed by atoms with Crippen molar-refractivity contribution in [1.29, 1.82) is 0 Å². The zero-order chi connectivity index (χ0) is 26.4. The number of carbonyl (C=O) groups excluding carboxylic acids is 4. The number of anilines is 2. The maximum Gasteiger partial charge on any atom is 0.266 e. The van der Waals surface area contributed by atoms with Crippen LogP contribution in [0.1, 0.15) is 52.6 Å². The third kappa shape index (κ3) is 3.64. The minimum Gasteiger partial charge on any atom is -0.497 e. The minimum atomic E-state index is -0.509. The summed E-state index contributed by atoms with van der Waals surface area (Å²) in [7, 11) is 1.48. The number of imide groups is 2. The number of methoxy groups -OCH3 is 1. The maximum absolute atomic E-state index is 13.3. The monoisotopic (exact) mass is 498 g/mol. The Morgan fingerprint density at radius 1 is 0.526 bits per heavy atom. The molecule has 4 amide bonds. The van der Waals surface area contributed by atoms with E-state index in [0.717, 1.165) is 15.4 Å². The van der Waals surface area contributed by atoms with Crippen LogP contribution >= 0.6 is 0 Å². The molecule has 0 radical (unpaired) electrons. The molecule has 7 nitrogen and oxygen atoms in total. The van der Waals surface area contributed by atoms with Gasteiger partial charge in [0.15, 0.2) is 0 Å². The second-order valence-corrected chi connectivity index (χ2v) is 8.70. The van der Waals surface area contributed by atoms with Gasteiger partial charge in [-0.3, -0.25) is 19.2 Å². The van der Waals surface area contributed by atoms with Gasteiger partial charge in [-0.15, -0.1) is 0 Å². The summed E-state index contributed by atoms with van der Waals surface area (Å²) in [5, 5.41) is 0. The van der Waals surface area contributed by atoms with Crippen LogP contribution in [-0.2, 0) is 0 Å². The predicted octanol–water partition coefficient (Wildman–Crippen LogP) is 4.70. The van der Waals surface area contributed by atoms with E-state index in [-0.39, 0.29) is 33.6 Å². The van der Waals surface area contributed by atoms with Crippen LogP contribution in [0.5, 0.6) is 5.75 Å². The number of rotatable bonds is 3. The molecule has 2 heterocycles.